The van der Waals surface area contributed by atoms with Crippen LogP contribution in [0.1, 0.15) is 43.0 Å². The second kappa shape index (κ2) is 6.29. The van der Waals surface area contributed by atoms with Gasteiger partial charge in [-0.3, -0.25) is 4.79 Å². The monoisotopic (exact) mass is 281 g/mol. The summed E-state index contributed by atoms with van der Waals surface area (Å²) in [5, 5.41) is 9.87. The molecule has 1 aliphatic rings. The summed E-state index contributed by atoms with van der Waals surface area (Å²) in [7, 11) is 0. The van der Waals surface area contributed by atoms with E-state index in [2.05, 4.69) is 6.92 Å². The zero-order valence-corrected chi connectivity index (χ0v) is 12.0. The maximum absolute atomic E-state index is 12.4. The van der Waals surface area contributed by atoms with Crippen molar-refractivity contribution in [1.29, 1.82) is 0 Å². The summed E-state index contributed by atoms with van der Waals surface area (Å²) < 4.78 is 0. The zero-order chi connectivity index (χ0) is 13.8. The SMILES string of the molecule is CCCC1CCN(C(=O)c2cc(O)ccc2Cl)CC1. The van der Waals surface area contributed by atoms with E-state index in [0.29, 0.717) is 10.6 Å². The van der Waals surface area contributed by atoms with E-state index in [1.165, 1.54) is 25.0 Å². The molecule has 1 fully saturated rings. The standard InChI is InChI=1S/C15H20ClNO2/c1-2-3-11-6-8-17(9-7-11)15(19)13-10-12(18)4-5-14(13)16/h4-5,10-11,18H,2-3,6-9H2,1H3. The van der Waals surface area contributed by atoms with Gasteiger partial charge in [0.1, 0.15) is 5.75 Å². The molecule has 0 aromatic heterocycles. The Morgan fingerprint density at radius 2 is 2.11 bits per heavy atom. The van der Waals surface area contributed by atoms with Crippen LogP contribution >= 0.6 is 11.6 Å². The molecular formula is C15H20ClNO2. The van der Waals surface area contributed by atoms with E-state index in [-0.39, 0.29) is 11.7 Å². The molecule has 1 aliphatic heterocycles. The molecule has 1 heterocycles. The average Bonchev–Trinajstić information content (AvgIpc) is 2.42. The number of piperidine rings is 1. The van der Waals surface area contributed by atoms with E-state index in [4.69, 9.17) is 11.6 Å². The van der Waals surface area contributed by atoms with Gasteiger partial charge in [-0.2, -0.15) is 0 Å². The number of hydrogen-bond donors (Lipinski definition) is 1. The summed E-state index contributed by atoms with van der Waals surface area (Å²) in [6.07, 6.45) is 4.58. The molecule has 0 aliphatic carbocycles. The number of carbonyl (C=O) groups excluding carboxylic acids is 1. The minimum absolute atomic E-state index is 0.0733. The molecule has 1 saturated heterocycles. The molecule has 0 bridgehead atoms. The molecular weight excluding hydrogens is 262 g/mol. The van der Waals surface area contributed by atoms with Crippen LogP contribution in [-0.2, 0) is 0 Å². The largest absolute Gasteiger partial charge is 0.508 e. The highest BCUT2D eigenvalue weighted by Gasteiger charge is 2.24. The van der Waals surface area contributed by atoms with Gasteiger partial charge in [0.25, 0.3) is 5.91 Å². The number of phenolic OH excluding ortho intramolecular Hbond substituents is 1. The summed E-state index contributed by atoms with van der Waals surface area (Å²) in [5.74, 6) is 0.748. The fourth-order valence-corrected chi connectivity index (χ4v) is 2.88. The van der Waals surface area contributed by atoms with Crippen molar-refractivity contribution < 1.29 is 9.90 Å². The highest BCUT2D eigenvalue weighted by Crippen LogP contribution is 2.26. The van der Waals surface area contributed by atoms with Crippen molar-refractivity contribution in [3.05, 3.63) is 28.8 Å². The second-order valence-electron chi connectivity index (χ2n) is 5.19. The van der Waals surface area contributed by atoms with Crippen LogP contribution in [0.3, 0.4) is 0 Å². The Bertz CT molecular complexity index is 453. The van der Waals surface area contributed by atoms with Gasteiger partial charge in [0.2, 0.25) is 0 Å². The summed E-state index contributed by atoms with van der Waals surface area (Å²) in [4.78, 5) is 14.2. The number of rotatable bonds is 3. The Kier molecular flexibility index (Phi) is 4.70. The van der Waals surface area contributed by atoms with Crippen LogP contribution in [0.2, 0.25) is 5.02 Å². The minimum atomic E-state index is -0.0733. The maximum Gasteiger partial charge on any atom is 0.255 e. The smallest absolute Gasteiger partial charge is 0.255 e. The molecule has 0 atom stereocenters. The molecule has 4 heteroatoms. The molecule has 1 amide bonds. The van der Waals surface area contributed by atoms with Gasteiger partial charge in [-0.05, 0) is 37.0 Å². The van der Waals surface area contributed by atoms with Crippen molar-refractivity contribution in [1.82, 2.24) is 4.90 Å². The lowest BCUT2D eigenvalue weighted by molar-refractivity contribution is 0.0686. The van der Waals surface area contributed by atoms with Gasteiger partial charge in [0.05, 0.1) is 10.6 Å². The molecule has 3 nitrogen and oxygen atoms in total. The van der Waals surface area contributed by atoms with Gasteiger partial charge in [-0.15, -0.1) is 0 Å². The second-order valence-corrected chi connectivity index (χ2v) is 5.60. The number of halogens is 1. The lowest BCUT2D eigenvalue weighted by Gasteiger charge is -2.32. The first kappa shape index (κ1) is 14.2. The third-order valence-corrected chi connectivity index (χ3v) is 4.11. The summed E-state index contributed by atoms with van der Waals surface area (Å²) >= 11 is 6.03. The first-order valence-electron chi connectivity index (χ1n) is 6.89. The lowest BCUT2D eigenvalue weighted by atomic mass is 9.92. The molecule has 1 N–H and O–H groups in total. The molecule has 1 aromatic rings. The van der Waals surface area contributed by atoms with Crippen molar-refractivity contribution in [2.75, 3.05) is 13.1 Å². The maximum atomic E-state index is 12.4. The fourth-order valence-electron chi connectivity index (χ4n) is 2.68. The van der Waals surface area contributed by atoms with Crippen LogP contribution in [0.5, 0.6) is 5.75 Å². The zero-order valence-electron chi connectivity index (χ0n) is 11.2. The van der Waals surface area contributed by atoms with E-state index < -0.39 is 0 Å². The molecule has 0 saturated carbocycles. The third kappa shape index (κ3) is 3.41. The Balaban J connectivity index is 2.03. The normalized spacial score (nSPS) is 16.6. The minimum Gasteiger partial charge on any atom is -0.508 e. The topological polar surface area (TPSA) is 40.5 Å². The molecule has 0 radical (unpaired) electrons. The van der Waals surface area contributed by atoms with Crippen molar-refractivity contribution in [3.63, 3.8) is 0 Å². The molecule has 1 aromatic carbocycles. The Morgan fingerprint density at radius 1 is 1.42 bits per heavy atom. The van der Waals surface area contributed by atoms with Gasteiger partial charge in [0.15, 0.2) is 0 Å². The predicted molar refractivity (Wildman–Crippen MR) is 76.7 cm³/mol. The van der Waals surface area contributed by atoms with E-state index in [1.54, 1.807) is 6.07 Å². The van der Waals surface area contributed by atoms with Crippen LogP contribution in [0.15, 0.2) is 18.2 Å². The Hall–Kier alpha value is -1.22. The molecule has 19 heavy (non-hydrogen) atoms. The number of aromatic hydroxyl groups is 1. The Morgan fingerprint density at radius 3 is 2.74 bits per heavy atom. The number of phenols is 1. The first-order chi connectivity index (χ1) is 9.11. The van der Waals surface area contributed by atoms with E-state index in [9.17, 15) is 9.90 Å². The van der Waals surface area contributed by atoms with E-state index in [1.807, 2.05) is 4.90 Å². The number of benzene rings is 1. The Labute approximate surface area is 119 Å². The quantitative estimate of drug-likeness (QED) is 0.918. The van der Waals surface area contributed by atoms with Crippen molar-refractivity contribution in [2.45, 2.75) is 32.6 Å². The highest BCUT2D eigenvalue weighted by molar-refractivity contribution is 6.33. The number of hydrogen-bond acceptors (Lipinski definition) is 2. The molecule has 104 valence electrons. The fraction of sp³-hybridized carbons (Fsp3) is 0.533. The number of likely N-dealkylation sites (tertiary alicyclic amines) is 1. The number of amides is 1. The van der Waals surface area contributed by atoms with Gasteiger partial charge < -0.3 is 10.0 Å². The lowest BCUT2D eigenvalue weighted by Crippen LogP contribution is -2.38. The van der Waals surface area contributed by atoms with Crippen LogP contribution in [0, 0.1) is 5.92 Å². The predicted octanol–water partition coefficient (Wildman–Crippen LogP) is 3.70. The van der Waals surface area contributed by atoms with Crippen molar-refractivity contribution in [2.24, 2.45) is 5.92 Å². The first-order valence-corrected chi connectivity index (χ1v) is 7.27. The van der Waals surface area contributed by atoms with Gasteiger partial charge >= 0.3 is 0 Å². The van der Waals surface area contributed by atoms with E-state index in [0.717, 1.165) is 31.8 Å². The summed E-state index contributed by atoms with van der Waals surface area (Å²) in [6.45, 7) is 3.77. The van der Waals surface area contributed by atoms with Crippen LogP contribution in [-0.4, -0.2) is 29.0 Å². The average molecular weight is 282 g/mol. The third-order valence-electron chi connectivity index (χ3n) is 3.78. The summed E-state index contributed by atoms with van der Waals surface area (Å²) in [6, 6.07) is 4.50. The van der Waals surface area contributed by atoms with Gasteiger partial charge in [0, 0.05) is 13.1 Å². The van der Waals surface area contributed by atoms with Crippen LogP contribution in [0.4, 0.5) is 0 Å². The highest BCUT2D eigenvalue weighted by atomic mass is 35.5. The van der Waals surface area contributed by atoms with E-state index >= 15 is 0 Å². The molecule has 2 rings (SSSR count). The number of nitrogens with zero attached hydrogens (tertiary/aromatic N) is 1. The van der Waals surface area contributed by atoms with Gasteiger partial charge in [-0.25, -0.2) is 0 Å². The molecule has 0 unspecified atom stereocenters. The van der Waals surface area contributed by atoms with Crippen LogP contribution < -0.4 is 0 Å². The summed E-state index contributed by atoms with van der Waals surface area (Å²) in [5.41, 5.74) is 0.399. The van der Waals surface area contributed by atoms with Crippen molar-refractivity contribution in [3.8, 4) is 5.75 Å². The van der Waals surface area contributed by atoms with Crippen molar-refractivity contribution >= 4 is 17.5 Å². The van der Waals surface area contributed by atoms with Crippen LogP contribution in [0.25, 0.3) is 0 Å². The number of carbonyl (C=O) groups is 1. The molecule has 0 spiro atoms. The van der Waals surface area contributed by atoms with Gasteiger partial charge in [-0.1, -0.05) is 31.4 Å².